The molecule has 1 aromatic carbocycles. The van der Waals surface area contributed by atoms with Crippen molar-refractivity contribution in [1.82, 2.24) is 0 Å². The Morgan fingerprint density at radius 2 is 1.90 bits per heavy atom. The molecule has 1 amide bonds. The van der Waals surface area contributed by atoms with Crippen molar-refractivity contribution in [3.8, 4) is 0 Å². The number of sulfone groups is 1. The molecular formula is C14H22N2O3S. The van der Waals surface area contributed by atoms with Gasteiger partial charge < -0.3 is 11.1 Å². The molecule has 6 heteroatoms. The molecule has 0 saturated heterocycles. The summed E-state index contributed by atoms with van der Waals surface area (Å²) >= 11 is 0. The Labute approximate surface area is 120 Å². The van der Waals surface area contributed by atoms with E-state index in [2.05, 4.69) is 5.32 Å². The number of carbonyl (C=O) groups is 1. The number of rotatable bonds is 6. The summed E-state index contributed by atoms with van der Waals surface area (Å²) in [6.45, 7) is 4.27. The number of hydrogen-bond acceptors (Lipinski definition) is 4. The van der Waals surface area contributed by atoms with Crippen LogP contribution in [0.1, 0.15) is 20.3 Å². The van der Waals surface area contributed by atoms with Crippen LogP contribution in [0, 0.1) is 11.8 Å². The van der Waals surface area contributed by atoms with Gasteiger partial charge >= 0.3 is 0 Å². The summed E-state index contributed by atoms with van der Waals surface area (Å²) in [7, 11) is -3.38. The zero-order valence-corrected chi connectivity index (χ0v) is 12.9. The van der Waals surface area contributed by atoms with Gasteiger partial charge in [-0.3, -0.25) is 4.79 Å². The molecule has 0 aromatic heterocycles. The number of nitrogens with one attached hydrogen (secondary N) is 1. The standard InChI is InChI=1S/C14H22N2O3S/c1-10(2)8-11(9-15)14(17)16-12-6-4-5-7-13(12)20(3,18)19/h4-7,10-11H,8-9,15H2,1-3H3,(H,16,17). The Balaban J connectivity index is 2.96. The van der Waals surface area contributed by atoms with E-state index < -0.39 is 9.84 Å². The van der Waals surface area contributed by atoms with Crippen LogP contribution in [-0.2, 0) is 14.6 Å². The molecule has 1 aromatic rings. The lowest BCUT2D eigenvalue weighted by molar-refractivity contribution is -0.120. The summed E-state index contributed by atoms with van der Waals surface area (Å²) in [6, 6.07) is 6.37. The number of nitrogens with two attached hydrogens (primary N) is 1. The van der Waals surface area contributed by atoms with E-state index >= 15 is 0 Å². The molecule has 3 N–H and O–H groups in total. The zero-order chi connectivity index (χ0) is 15.3. The molecule has 0 heterocycles. The van der Waals surface area contributed by atoms with Crippen LogP contribution < -0.4 is 11.1 Å². The fraction of sp³-hybridized carbons (Fsp3) is 0.500. The minimum Gasteiger partial charge on any atom is -0.330 e. The van der Waals surface area contributed by atoms with Crippen molar-refractivity contribution in [3.05, 3.63) is 24.3 Å². The van der Waals surface area contributed by atoms with Crippen LogP contribution in [0.4, 0.5) is 5.69 Å². The van der Waals surface area contributed by atoms with E-state index in [1.54, 1.807) is 18.2 Å². The van der Waals surface area contributed by atoms with Crippen LogP contribution in [0.15, 0.2) is 29.2 Å². The summed E-state index contributed by atoms with van der Waals surface area (Å²) in [5, 5.41) is 2.68. The third-order valence-corrected chi connectivity index (χ3v) is 4.11. The van der Waals surface area contributed by atoms with Gasteiger partial charge in [0.1, 0.15) is 0 Å². The van der Waals surface area contributed by atoms with Crippen LogP contribution >= 0.6 is 0 Å². The highest BCUT2D eigenvalue weighted by Crippen LogP contribution is 2.22. The third kappa shape index (κ3) is 4.61. The number of anilines is 1. The van der Waals surface area contributed by atoms with Gasteiger partial charge in [0.05, 0.1) is 16.5 Å². The molecule has 0 fully saturated rings. The van der Waals surface area contributed by atoms with Gasteiger partial charge in [0, 0.05) is 12.8 Å². The lowest BCUT2D eigenvalue weighted by Crippen LogP contribution is -2.30. The van der Waals surface area contributed by atoms with Crippen LogP contribution in [0.3, 0.4) is 0 Å². The van der Waals surface area contributed by atoms with Crippen LogP contribution in [0.25, 0.3) is 0 Å². The van der Waals surface area contributed by atoms with Gasteiger partial charge in [-0.1, -0.05) is 26.0 Å². The van der Waals surface area contributed by atoms with E-state index in [4.69, 9.17) is 5.73 Å². The minimum atomic E-state index is -3.38. The molecule has 20 heavy (non-hydrogen) atoms. The largest absolute Gasteiger partial charge is 0.330 e. The lowest BCUT2D eigenvalue weighted by Gasteiger charge is -2.17. The average molecular weight is 298 g/mol. The fourth-order valence-corrected chi connectivity index (χ4v) is 2.85. The van der Waals surface area contributed by atoms with Gasteiger partial charge in [-0.05, 0) is 24.5 Å². The molecule has 1 rings (SSSR count). The monoisotopic (exact) mass is 298 g/mol. The van der Waals surface area contributed by atoms with Gasteiger partial charge in [0.25, 0.3) is 0 Å². The molecule has 112 valence electrons. The Morgan fingerprint density at radius 3 is 2.40 bits per heavy atom. The molecular weight excluding hydrogens is 276 g/mol. The van der Waals surface area contributed by atoms with E-state index in [-0.39, 0.29) is 23.3 Å². The number of para-hydroxylation sites is 1. The summed E-state index contributed by atoms with van der Waals surface area (Å²) in [4.78, 5) is 12.3. The Morgan fingerprint density at radius 1 is 1.30 bits per heavy atom. The van der Waals surface area contributed by atoms with Gasteiger partial charge in [0.15, 0.2) is 9.84 Å². The van der Waals surface area contributed by atoms with Gasteiger partial charge in [-0.25, -0.2) is 8.42 Å². The second-order valence-electron chi connectivity index (χ2n) is 5.32. The quantitative estimate of drug-likeness (QED) is 0.835. The smallest absolute Gasteiger partial charge is 0.228 e. The third-order valence-electron chi connectivity index (χ3n) is 2.96. The highest BCUT2D eigenvalue weighted by Gasteiger charge is 2.21. The number of carbonyl (C=O) groups excluding carboxylic acids is 1. The maximum atomic E-state index is 12.2. The lowest BCUT2D eigenvalue weighted by atomic mass is 9.96. The van der Waals surface area contributed by atoms with Crippen molar-refractivity contribution in [3.63, 3.8) is 0 Å². The van der Waals surface area contributed by atoms with Crippen LogP contribution in [-0.4, -0.2) is 27.1 Å². The predicted octanol–water partition coefficient (Wildman–Crippen LogP) is 1.65. The Bertz CT molecular complexity index is 568. The maximum absolute atomic E-state index is 12.2. The molecule has 0 aliphatic carbocycles. The first kappa shape index (κ1) is 16.7. The van der Waals surface area contributed by atoms with Crippen molar-refractivity contribution >= 4 is 21.4 Å². The number of amides is 1. The highest BCUT2D eigenvalue weighted by atomic mass is 32.2. The first-order valence-electron chi connectivity index (χ1n) is 6.55. The predicted molar refractivity (Wildman–Crippen MR) is 80.2 cm³/mol. The number of benzene rings is 1. The summed E-state index contributed by atoms with van der Waals surface area (Å²) in [5.74, 6) is -0.209. The van der Waals surface area contributed by atoms with Gasteiger partial charge in [-0.2, -0.15) is 0 Å². The van der Waals surface area contributed by atoms with E-state index in [1.807, 2.05) is 13.8 Å². The summed E-state index contributed by atoms with van der Waals surface area (Å²) in [6.07, 6.45) is 1.79. The first-order valence-corrected chi connectivity index (χ1v) is 8.44. The van der Waals surface area contributed by atoms with Crippen LogP contribution in [0.2, 0.25) is 0 Å². The highest BCUT2D eigenvalue weighted by molar-refractivity contribution is 7.90. The number of hydrogen-bond donors (Lipinski definition) is 2. The molecule has 5 nitrogen and oxygen atoms in total. The van der Waals surface area contributed by atoms with Crippen molar-refractivity contribution in [1.29, 1.82) is 0 Å². The SMILES string of the molecule is CC(C)CC(CN)C(=O)Nc1ccccc1S(C)(=O)=O. The fourth-order valence-electron chi connectivity index (χ4n) is 2.01. The van der Waals surface area contributed by atoms with E-state index in [0.29, 0.717) is 18.0 Å². The molecule has 1 unspecified atom stereocenters. The van der Waals surface area contributed by atoms with Crippen molar-refractivity contribution in [2.45, 2.75) is 25.2 Å². The molecule has 0 aliphatic rings. The summed E-state index contributed by atoms with van der Waals surface area (Å²) in [5.41, 5.74) is 5.93. The topological polar surface area (TPSA) is 89.3 Å². The second kappa shape index (κ2) is 6.85. The molecule has 0 aliphatic heterocycles. The maximum Gasteiger partial charge on any atom is 0.228 e. The van der Waals surface area contributed by atoms with E-state index in [0.717, 1.165) is 6.26 Å². The first-order chi connectivity index (χ1) is 9.25. The van der Waals surface area contributed by atoms with E-state index in [1.165, 1.54) is 6.07 Å². The molecule has 0 radical (unpaired) electrons. The second-order valence-corrected chi connectivity index (χ2v) is 7.30. The molecule has 1 atom stereocenters. The normalized spacial score (nSPS) is 13.2. The van der Waals surface area contributed by atoms with Crippen LogP contribution in [0.5, 0.6) is 0 Å². The Kier molecular flexibility index (Phi) is 5.71. The van der Waals surface area contributed by atoms with Crippen molar-refractivity contribution < 1.29 is 13.2 Å². The van der Waals surface area contributed by atoms with Crippen molar-refractivity contribution in [2.75, 3.05) is 18.1 Å². The molecule has 0 spiro atoms. The van der Waals surface area contributed by atoms with Gasteiger partial charge in [-0.15, -0.1) is 0 Å². The Hall–Kier alpha value is -1.40. The summed E-state index contributed by atoms with van der Waals surface area (Å²) < 4.78 is 23.4. The van der Waals surface area contributed by atoms with Gasteiger partial charge in [0.2, 0.25) is 5.91 Å². The molecule has 0 bridgehead atoms. The minimum absolute atomic E-state index is 0.119. The average Bonchev–Trinajstić information content (AvgIpc) is 2.34. The molecule has 0 saturated carbocycles. The zero-order valence-electron chi connectivity index (χ0n) is 12.1. The van der Waals surface area contributed by atoms with E-state index in [9.17, 15) is 13.2 Å². The van der Waals surface area contributed by atoms with Crippen molar-refractivity contribution in [2.24, 2.45) is 17.6 Å².